The molecule has 4 rings (SSSR count). The van der Waals surface area contributed by atoms with Crippen LogP contribution in [-0.4, -0.2) is 29.6 Å². The van der Waals surface area contributed by atoms with Gasteiger partial charge in [0.15, 0.2) is 0 Å². The summed E-state index contributed by atoms with van der Waals surface area (Å²) in [4.78, 5) is 29.6. The van der Waals surface area contributed by atoms with Crippen LogP contribution in [0, 0.1) is 5.92 Å². The molecule has 2 fully saturated rings. The van der Waals surface area contributed by atoms with E-state index in [0.29, 0.717) is 47.7 Å². The van der Waals surface area contributed by atoms with E-state index in [1.807, 2.05) is 6.92 Å². The Morgan fingerprint density at radius 3 is 2.71 bits per heavy atom. The van der Waals surface area contributed by atoms with Crippen molar-refractivity contribution in [3.63, 3.8) is 0 Å². The quantitative estimate of drug-likeness (QED) is 0.563. The molecule has 0 radical (unpaired) electrons. The molecule has 1 saturated carbocycles. The van der Waals surface area contributed by atoms with Crippen LogP contribution in [0.25, 0.3) is 0 Å². The molecule has 1 atom stereocenters. The van der Waals surface area contributed by atoms with Gasteiger partial charge in [0.2, 0.25) is 5.88 Å². The highest BCUT2D eigenvalue weighted by molar-refractivity contribution is 6.21. The summed E-state index contributed by atoms with van der Waals surface area (Å²) in [6, 6.07) is 7.49. The van der Waals surface area contributed by atoms with E-state index < -0.39 is 12.1 Å². The van der Waals surface area contributed by atoms with Crippen LogP contribution in [0.3, 0.4) is 0 Å². The summed E-state index contributed by atoms with van der Waals surface area (Å²) in [5.74, 6) is 1.81. The number of benzene rings is 1. The molecule has 1 aromatic heterocycles. The van der Waals surface area contributed by atoms with Gasteiger partial charge in [-0.05, 0) is 43.4 Å². The number of aromatic nitrogens is 1. The Bertz CT molecular complexity index is 896. The maximum Gasteiger partial charge on any atom is 0.329 e. The smallest absolute Gasteiger partial charge is 0.329 e. The van der Waals surface area contributed by atoms with Gasteiger partial charge >= 0.3 is 6.03 Å². The number of carbonyl (C=O) groups excluding carboxylic acids is 2. The van der Waals surface area contributed by atoms with Gasteiger partial charge in [-0.2, -0.15) is 0 Å². The van der Waals surface area contributed by atoms with Crippen LogP contribution >= 0.6 is 0 Å². The minimum atomic E-state index is -0.493. The van der Waals surface area contributed by atoms with Crippen molar-refractivity contribution in [2.24, 2.45) is 5.92 Å². The lowest BCUT2D eigenvalue weighted by atomic mass is 10.2. The number of hydrogen-bond donors (Lipinski definition) is 2. The van der Waals surface area contributed by atoms with Gasteiger partial charge in [0.25, 0.3) is 5.91 Å². The van der Waals surface area contributed by atoms with E-state index in [4.69, 9.17) is 15.2 Å². The average Bonchev–Trinajstić information content (AvgIpc) is 3.47. The van der Waals surface area contributed by atoms with Gasteiger partial charge in [0.05, 0.1) is 24.2 Å². The second-order valence-electron chi connectivity index (χ2n) is 6.99. The number of nitrogens with two attached hydrogens (primary N) is 1. The molecular weight excluding hydrogens is 360 g/mol. The first-order chi connectivity index (χ1) is 13.5. The molecular formula is C20H22N4O4. The molecule has 28 heavy (non-hydrogen) atoms. The van der Waals surface area contributed by atoms with E-state index in [2.05, 4.69) is 10.3 Å². The molecule has 8 heteroatoms. The lowest BCUT2D eigenvalue weighted by Gasteiger charge is -2.13. The van der Waals surface area contributed by atoms with Gasteiger partial charge in [-0.25, -0.2) is 14.7 Å². The van der Waals surface area contributed by atoms with Crippen LogP contribution < -0.4 is 25.4 Å². The number of nitrogens with zero attached hydrogens (tertiary/aromatic N) is 2. The Morgan fingerprint density at radius 2 is 2.07 bits per heavy atom. The zero-order chi connectivity index (χ0) is 19.7. The summed E-state index contributed by atoms with van der Waals surface area (Å²) in [6.45, 7) is 2.50. The molecule has 2 aromatic rings. The van der Waals surface area contributed by atoms with Gasteiger partial charge in [-0.1, -0.05) is 6.92 Å². The van der Waals surface area contributed by atoms with Gasteiger partial charge in [-0.15, -0.1) is 0 Å². The molecule has 146 valence electrons. The van der Waals surface area contributed by atoms with E-state index in [0.717, 1.165) is 4.90 Å². The van der Waals surface area contributed by atoms with E-state index in [1.165, 1.54) is 19.0 Å². The molecule has 1 aromatic carbocycles. The number of pyridine rings is 1. The summed E-state index contributed by atoms with van der Waals surface area (Å²) in [7, 11) is 0. The fourth-order valence-corrected chi connectivity index (χ4v) is 2.93. The fraction of sp³-hybridized carbons (Fsp3) is 0.350. The van der Waals surface area contributed by atoms with Crippen molar-refractivity contribution >= 4 is 23.3 Å². The number of nitrogens with one attached hydrogen (secondary N) is 1. The molecule has 1 saturated heterocycles. The summed E-state index contributed by atoms with van der Waals surface area (Å²) in [6.07, 6.45) is 4.37. The second kappa shape index (κ2) is 7.38. The molecule has 2 heterocycles. The third-order valence-corrected chi connectivity index (χ3v) is 4.79. The third kappa shape index (κ3) is 3.71. The SMILES string of the molecule is CC[C@H]1NC(=O)N(c2ccc(Oc3ccc(N)c(OCC4CC4)c3)nc2)C1=O. The summed E-state index contributed by atoms with van der Waals surface area (Å²) >= 11 is 0. The van der Waals surface area contributed by atoms with Crippen molar-refractivity contribution in [3.8, 4) is 17.4 Å². The van der Waals surface area contributed by atoms with Crippen molar-refractivity contribution < 1.29 is 19.1 Å². The maximum absolute atomic E-state index is 12.3. The number of ether oxygens (including phenoxy) is 2. The van der Waals surface area contributed by atoms with E-state index in [-0.39, 0.29) is 5.91 Å². The Hall–Kier alpha value is -3.29. The third-order valence-electron chi connectivity index (χ3n) is 4.79. The van der Waals surface area contributed by atoms with Crippen LogP contribution in [0.5, 0.6) is 17.4 Å². The number of anilines is 2. The predicted molar refractivity (Wildman–Crippen MR) is 103 cm³/mol. The van der Waals surface area contributed by atoms with Crippen LogP contribution in [0.2, 0.25) is 0 Å². The number of carbonyl (C=O) groups is 2. The zero-order valence-electron chi connectivity index (χ0n) is 15.6. The van der Waals surface area contributed by atoms with Crippen molar-refractivity contribution in [2.45, 2.75) is 32.2 Å². The van der Waals surface area contributed by atoms with Crippen molar-refractivity contribution in [1.82, 2.24) is 10.3 Å². The number of nitrogen functional groups attached to an aromatic ring is 1. The molecule has 3 amide bonds. The summed E-state index contributed by atoms with van der Waals surface area (Å²) < 4.78 is 11.5. The van der Waals surface area contributed by atoms with Crippen molar-refractivity contribution in [1.29, 1.82) is 0 Å². The monoisotopic (exact) mass is 382 g/mol. The molecule has 0 spiro atoms. The summed E-state index contributed by atoms with van der Waals surface area (Å²) in [5, 5.41) is 2.64. The Labute approximate surface area is 162 Å². The van der Waals surface area contributed by atoms with Crippen molar-refractivity contribution in [2.75, 3.05) is 17.2 Å². The Morgan fingerprint density at radius 1 is 1.25 bits per heavy atom. The molecule has 1 aliphatic carbocycles. The molecule has 3 N–H and O–H groups in total. The minimum absolute atomic E-state index is 0.279. The number of urea groups is 1. The maximum atomic E-state index is 12.3. The highest BCUT2D eigenvalue weighted by Gasteiger charge is 2.38. The second-order valence-corrected chi connectivity index (χ2v) is 6.99. The Balaban J connectivity index is 1.45. The summed E-state index contributed by atoms with van der Waals surface area (Å²) in [5.41, 5.74) is 6.91. The topological polar surface area (TPSA) is 107 Å². The van der Waals surface area contributed by atoms with Crippen LogP contribution in [0.15, 0.2) is 36.5 Å². The lowest BCUT2D eigenvalue weighted by molar-refractivity contribution is -0.118. The highest BCUT2D eigenvalue weighted by Crippen LogP contribution is 2.33. The minimum Gasteiger partial charge on any atom is -0.491 e. The number of hydrogen-bond acceptors (Lipinski definition) is 6. The van der Waals surface area contributed by atoms with Crippen LogP contribution in [0.4, 0.5) is 16.2 Å². The predicted octanol–water partition coefficient (Wildman–Crippen LogP) is 3.08. The fourth-order valence-electron chi connectivity index (χ4n) is 2.93. The first-order valence-electron chi connectivity index (χ1n) is 9.36. The highest BCUT2D eigenvalue weighted by atomic mass is 16.5. The van der Waals surface area contributed by atoms with Gasteiger partial charge in [0, 0.05) is 12.1 Å². The van der Waals surface area contributed by atoms with Gasteiger partial charge in [-0.3, -0.25) is 4.79 Å². The zero-order valence-corrected chi connectivity index (χ0v) is 15.6. The van der Waals surface area contributed by atoms with Crippen LogP contribution in [-0.2, 0) is 4.79 Å². The number of imide groups is 1. The van der Waals surface area contributed by atoms with E-state index >= 15 is 0 Å². The molecule has 0 unspecified atom stereocenters. The van der Waals surface area contributed by atoms with Gasteiger partial charge in [0.1, 0.15) is 17.5 Å². The number of rotatable bonds is 7. The molecule has 1 aliphatic heterocycles. The molecule has 2 aliphatic rings. The lowest BCUT2D eigenvalue weighted by Crippen LogP contribution is -2.31. The first-order valence-corrected chi connectivity index (χ1v) is 9.36. The standard InChI is InChI=1S/C20H22N4O4/c1-2-16-19(25)24(20(26)23-16)13-5-8-18(22-10-13)28-14-6-7-15(21)17(9-14)27-11-12-3-4-12/h5-10,12,16H,2-4,11,21H2,1H3,(H,23,26)/t16-/m1/s1. The molecule has 0 bridgehead atoms. The average molecular weight is 382 g/mol. The van der Waals surface area contributed by atoms with E-state index in [9.17, 15) is 9.59 Å². The van der Waals surface area contributed by atoms with E-state index in [1.54, 1.807) is 30.3 Å². The largest absolute Gasteiger partial charge is 0.491 e. The normalized spacial score (nSPS) is 18.9. The van der Waals surface area contributed by atoms with Crippen LogP contribution in [0.1, 0.15) is 26.2 Å². The molecule has 8 nitrogen and oxygen atoms in total. The number of amides is 3. The Kier molecular flexibility index (Phi) is 4.77. The van der Waals surface area contributed by atoms with Gasteiger partial charge < -0.3 is 20.5 Å². The first kappa shape index (κ1) is 18.1. The van der Waals surface area contributed by atoms with Crippen molar-refractivity contribution in [3.05, 3.63) is 36.5 Å².